The van der Waals surface area contributed by atoms with E-state index in [1.807, 2.05) is 24.3 Å². The van der Waals surface area contributed by atoms with Crippen LogP contribution in [0.25, 0.3) is 0 Å². The van der Waals surface area contributed by atoms with Gasteiger partial charge in [-0.25, -0.2) is 0 Å². The van der Waals surface area contributed by atoms with Crippen LogP contribution in [0.15, 0.2) is 29.2 Å². The van der Waals surface area contributed by atoms with Gasteiger partial charge in [-0.15, -0.1) is 11.8 Å². The number of methoxy groups -OCH3 is 1. The molecule has 0 spiro atoms. The lowest BCUT2D eigenvalue weighted by Crippen LogP contribution is -2.48. The first kappa shape index (κ1) is 16.2. The van der Waals surface area contributed by atoms with Crippen molar-refractivity contribution in [3.05, 3.63) is 29.3 Å². The highest BCUT2D eigenvalue weighted by Gasteiger charge is 2.41. The summed E-state index contributed by atoms with van der Waals surface area (Å²) in [5.74, 6) is 1.26. The Hall–Kier alpha value is -0.220. The van der Waals surface area contributed by atoms with Gasteiger partial charge in [-0.05, 0) is 37.0 Å². The van der Waals surface area contributed by atoms with Crippen LogP contribution in [-0.4, -0.2) is 29.7 Å². The summed E-state index contributed by atoms with van der Waals surface area (Å²) >= 11 is 7.62. The number of thioether (sulfide) groups is 1. The lowest BCUT2D eigenvalue weighted by Gasteiger charge is -2.42. The summed E-state index contributed by atoms with van der Waals surface area (Å²) < 4.78 is 5.73. The molecule has 0 aliphatic heterocycles. The van der Waals surface area contributed by atoms with Crippen molar-refractivity contribution in [3.8, 4) is 0 Å². The molecule has 2 nitrogen and oxygen atoms in total. The van der Waals surface area contributed by atoms with Crippen LogP contribution in [0.2, 0.25) is 5.02 Å². The van der Waals surface area contributed by atoms with E-state index in [4.69, 9.17) is 16.3 Å². The third-order valence-electron chi connectivity index (χ3n) is 4.21. The standard InChI is InChI=1S/C16H23ClO2S/c1-12-5-4-8-16(10-12,19-2)15(18)11-20-14-7-3-6-13(17)9-14/h3,6-7,9,12,15,18H,4-5,8,10-11H2,1-2H3. The van der Waals surface area contributed by atoms with Crippen molar-refractivity contribution < 1.29 is 9.84 Å². The molecular weight excluding hydrogens is 292 g/mol. The molecule has 1 saturated carbocycles. The maximum absolute atomic E-state index is 10.6. The predicted octanol–water partition coefficient (Wildman–Crippen LogP) is 4.39. The van der Waals surface area contributed by atoms with Crippen molar-refractivity contribution >= 4 is 23.4 Å². The highest BCUT2D eigenvalue weighted by atomic mass is 35.5. The number of ether oxygens (including phenoxy) is 1. The van der Waals surface area contributed by atoms with E-state index >= 15 is 0 Å². The fourth-order valence-electron chi connectivity index (χ4n) is 3.05. The number of aliphatic hydroxyl groups excluding tert-OH is 1. The average Bonchev–Trinajstić information content (AvgIpc) is 2.44. The number of aliphatic hydroxyl groups is 1. The minimum absolute atomic E-state index is 0.372. The number of benzene rings is 1. The van der Waals surface area contributed by atoms with E-state index in [9.17, 15) is 5.11 Å². The Kier molecular flexibility index (Phi) is 5.79. The van der Waals surface area contributed by atoms with Crippen LogP contribution in [0, 0.1) is 5.92 Å². The second-order valence-corrected chi connectivity index (χ2v) is 7.28. The van der Waals surface area contributed by atoms with Gasteiger partial charge in [-0.1, -0.05) is 37.4 Å². The van der Waals surface area contributed by atoms with Gasteiger partial charge in [0.2, 0.25) is 0 Å². The van der Waals surface area contributed by atoms with Crippen LogP contribution in [-0.2, 0) is 4.74 Å². The van der Waals surface area contributed by atoms with Crippen molar-refractivity contribution in [2.75, 3.05) is 12.9 Å². The molecule has 0 bridgehead atoms. The number of hydrogen-bond donors (Lipinski definition) is 1. The monoisotopic (exact) mass is 314 g/mol. The first-order chi connectivity index (χ1) is 9.55. The molecule has 1 aliphatic rings. The molecule has 3 atom stereocenters. The minimum Gasteiger partial charge on any atom is -0.389 e. The van der Waals surface area contributed by atoms with Crippen molar-refractivity contribution in [2.45, 2.75) is 49.2 Å². The van der Waals surface area contributed by atoms with Gasteiger partial charge in [0.1, 0.15) is 0 Å². The fraction of sp³-hybridized carbons (Fsp3) is 0.625. The number of hydrogen-bond acceptors (Lipinski definition) is 3. The normalized spacial score (nSPS) is 28.3. The third kappa shape index (κ3) is 3.91. The van der Waals surface area contributed by atoms with E-state index in [1.54, 1.807) is 18.9 Å². The molecule has 1 aliphatic carbocycles. The molecule has 3 unspecified atom stereocenters. The largest absolute Gasteiger partial charge is 0.389 e. The lowest BCUT2D eigenvalue weighted by molar-refractivity contribution is -0.123. The molecule has 112 valence electrons. The highest BCUT2D eigenvalue weighted by molar-refractivity contribution is 7.99. The Morgan fingerprint density at radius 3 is 3.00 bits per heavy atom. The molecule has 0 radical (unpaired) electrons. The molecule has 0 heterocycles. The second-order valence-electron chi connectivity index (χ2n) is 5.75. The van der Waals surface area contributed by atoms with Crippen LogP contribution in [0.3, 0.4) is 0 Å². The number of halogens is 1. The summed E-state index contributed by atoms with van der Waals surface area (Å²) in [6, 6.07) is 7.75. The maximum atomic E-state index is 10.6. The van der Waals surface area contributed by atoms with Crippen LogP contribution < -0.4 is 0 Å². The van der Waals surface area contributed by atoms with Gasteiger partial charge in [-0.3, -0.25) is 0 Å². The van der Waals surface area contributed by atoms with Crippen LogP contribution in [0.4, 0.5) is 0 Å². The van der Waals surface area contributed by atoms with Gasteiger partial charge in [0.25, 0.3) is 0 Å². The zero-order valence-corrected chi connectivity index (χ0v) is 13.7. The zero-order valence-electron chi connectivity index (χ0n) is 12.1. The molecule has 0 saturated heterocycles. The molecule has 2 rings (SSSR count). The summed E-state index contributed by atoms with van der Waals surface area (Å²) in [6.45, 7) is 2.24. The van der Waals surface area contributed by atoms with Crippen molar-refractivity contribution in [2.24, 2.45) is 5.92 Å². The Bertz CT molecular complexity index is 440. The Morgan fingerprint density at radius 2 is 2.35 bits per heavy atom. The zero-order chi connectivity index (χ0) is 14.6. The first-order valence-electron chi connectivity index (χ1n) is 7.17. The number of rotatable bonds is 5. The van der Waals surface area contributed by atoms with Crippen molar-refractivity contribution in [3.63, 3.8) is 0 Å². The van der Waals surface area contributed by atoms with E-state index in [0.717, 1.165) is 29.2 Å². The molecule has 4 heteroatoms. The first-order valence-corrected chi connectivity index (χ1v) is 8.54. The van der Waals surface area contributed by atoms with Crippen molar-refractivity contribution in [1.29, 1.82) is 0 Å². The molecule has 1 aromatic rings. The topological polar surface area (TPSA) is 29.5 Å². The third-order valence-corrected chi connectivity index (χ3v) is 5.51. The molecule has 0 amide bonds. The smallest absolute Gasteiger partial charge is 0.0947 e. The van der Waals surface area contributed by atoms with Crippen molar-refractivity contribution in [1.82, 2.24) is 0 Å². The van der Waals surface area contributed by atoms with E-state index in [-0.39, 0.29) is 5.60 Å². The average molecular weight is 315 g/mol. The van der Waals surface area contributed by atoms with E-state index in [1.165, 1.54) is 6.42 Å². The van der Waals surface area contributed by atoms with E-state index in [0.29, 0.717) is 11.7 Å². The van der Waals surface area contributed by atoms with Gasteiger partial charge in [0.05, 0.1) is 11.7 Å². The summed E-state index contributed by atoms with van der Waals surface area (Å²) in [5.41, 5.74) is -0.372. The van der Waals surface area contributed by atoms with Gasteiger partial charge in [-0.2, -0.15) is 0 Å². The highest BCUT2D eigenvalue weighted by Crippen LogP contribution is 2.38. The quantitative estimate of drug-likeness (QED) is 0.817. The molecule has 1 aromatic carbocycles. The van der Waals surface area contributed by atoms with Gasteiger partial charge < -0.3 is 9.84 Å². The van der Waals surface area contributed by atoms with E-state index in [2.05, 4.69) is 6.92 Å². The lowest BCUT2D eigenvalue weighted by atomic mass is 9.76. The Balaban J connectivity index is 1.97. The second kappa shape index (κ2) is 7.17. The minimum atomic E-state index is -0.445. The van der Waals surface area contributed by atoms with Crippen LogP contribution in [0.1, 0.15) is 32.6 Å². The molecular formula is C16H23ClO2S. The summed E-state index contributed by atoms with van der Waals surface area (Å²) in [7, 11) is 1.73. The fourth-order valence-corrected chi connectivity index (χ4v) is 4.35. The van der Waals surface area contributed by atoms with Crippen LogP contribution in [0.5, 0.6) is 0 Å². The van der Waals surface area contributed by atoms with Crippen LogP contribution >= 0.6 is 23.4 Å². The Morgan fingerprint density at radius 1 is 1.55 bits per heavy atom. The summed E-state index contributed by atoms with van der Waals surface area (Å²) in [4.78, 5) is 1.09. The maximum Gasteiger partial charge on any atom is 0.0947 e. The molecule has 20 heavy (non-hydrogen) atoms. The summed E-state index contributed by atoms with van der Waals surface area (Å²) in [5, 5.41) is 11.3. The SMILES string of the molecule is COC1(C(O)CSc2cccc(Cl)c2)CCCC(C)C1. The van der Waals surface area contributed by atoms with E-state index < -0.39 is 6.10 Å². The molecule has 1 fully saturated rings. The molecule has 0 aromatic heterocycles. The molecule has 1 N–H and O–H groups in total. The Labute approximate surface area is 130 Å². The van der Waals surface area contributed by atoms with Gasteiger partial charge in [0.15, 0.2) is 0 Å². The summed E-state index contributed by atoms with van der Waals surface area (Å²) in [6.07, 6.45) is 3.82. The van der Waals surface area contributed by atoms with Gasteiger partial charge >= 0.3 is 0 Å². The van der Waals surface area contributed by atoms with Gasteiger partial charge in [0, 0.05) is 22.8 Å². The predicted molar refractivity (Wildman–Crippen MR) is 85.6 cm³/mol.